The van der Waals surface area contributed by atoms with Crippen molar-refractivity contribution < 1.29 is 51.0 Å². The van der Waals surface area contributed by atoms with Crippen LogP contribution in [0.4, 0.5) is 0 Å². The third-order valence-electron chi connectivity index (χ3n) is 3.48. The Labute approximate surface area is 160 Å². The molecule has 0 bridgehead atoms. The van der Waals surface area contributed by atoms with Crippen molar-refractivity contribution in [3.05, 3.63) is 82.7 Å². The van der Waals surface area contributed by atoms with Crippen LogP contribution in [-0.2, 0) is 32.2 Å². The van der Waals surface area contributed by atoms with Crippen molar-refractivity contribution in [2.75, 3.05) is 0 Å². The number of allylic oxidation sites excluding steroid dienone is 8. The Balaban J connectivity index is 0.00000133. The Bertz CT molecular complexity index is 517. The first-order valence-corrected chi connectivity index (χ1v) is 8.49. The van der Waals surface area contributed by atoms with Crippen LogP contribution < -0.4 is 24.8 Å². The molecule has 1 aromatic carbocycles. The molecule has 3 rings (SSSR count). The molecule has 2 aliphatic carbocycles. The van der Waals surface area contributed by atoms with Gasteiger partial charge >= 0.3 is 26.2 Å². The molecule has 0 heterocycles. The fourth-order valence-electron chi connectivity index (χ4n) is 2.56. The van der Waals surface area contributed by atoms with E-state index in [0.29, 0.717) is 0 Å². The number of hydrogen-bond acceptors (Lipinski definition) is 0. The summed E-state index contributed by atoms with van der Waals surface area (Å²) in [4.78, 5) is 0. The number of hydrogen-bond donors (Lipinski definition) is 0. The van der Waals surface area contributed by atoms with Gasteiger partial charge < -0.3 is 24.8 Å². The third kappa shape index (κ3) is 5.53. The molecular weight excluding hydrogens is 394 g/mol. The Kier molecular flexibility index (Phi) is 10.5. The van der Waals surface area contributed by atoms with Crippen LogP contribution in [0.3, 0.4) is 0 Å². The average Bonchev–Trinajstić information content (AvgIpc) is 3.11. The predicted molar refractivity (Wildman–Crippen MR) is 78.3 cm³/mol. The van der Waals surface area contributed by atoms with E-state index in [0.717, 1.165) is 12.8 Å². The van der Waals surface area contributed by atoms with Gasteiger partial charge in [-0.15, -0.1) is 12.8 Å². The molecule has 1 aromatic rings. The Morgan fingerprint density at radius 2 is 1.38 bits per heavy atom. The summed E-state index contributed by atoms with van der Waals surface area (Å²) < 4.78 is 0. The number of benzene rings is 1. The van der Waals surface area contributed by atoms with E-state index < -0.39 is 8.80 Å². The molecular formula is C17H16Cl2SiZr. The monoisotopic (exact) mass is 408 g/mol. The molecule has 0 atom stereocenters. The topological polar surface area (TPSA) is 0 Å². The first-order chi connectivity index (χ1) is 8.93. The minimum Gasteiger partial charge on any atom is -1.00 e. The van der Waals surface area contributed by atoms with Crippen LogP contribution in [0.5, 0.6) is 0 Å². The molecule has 21 heavy (non-hydrogen) atoms. The normalized spacial score (nSPS) is 14.9. The van der Waals surface area contributed by atoms with Gasteiger partial charge in [0.1, 0.15) is 0 Å². The van der Waals surface area contributed by atoms with Crippen molar-refractivity contribution in [2.24, 2.45) is 0 Å². The molecule has 0 aliphatic heterocycles. The molecule has 0 radical (unpaired) electrons. The van der Waals surface area contributed by atoms with E-state index in [4.69, 9.17) is 0 Å². The van der Waals surface area contributed by atoms with Crippen molar-refractivity contribution in [3.8, 4) is 0 Å². The molecule has 2 aliphatic rings. The summed E-state index contributed by atoms with van der Waals surface area (Å²) >= 11 is 0. The molecule has 106 valence electrons. The molecule has 0 saturated carbocycles. The first kappa shape index (κ1) is 20.9. The van der Waals surface area contributed by atoms with Crippen LogP contribution >= 0.6 is 0 Å². The van der Waals surface area contributed by atoms with Crippen LogP contribution in [0, 0.1) is 12.2 Å². The molecule has 4 heteroatoms. The van der Waals surface area contributed by atoms with Gasteiger partial charge in [-0.3, -0.25) is 12.2 Å². The first-order valence-electron chi connectivity index (χ1n) is 6.52. The van der Waals surface area contributed by atoms with Crippen molar-refractivity contribution >= 4 is 8.80 Å². The van der Waals surface area contributed by atoms with E-state index in [1.165, 1.54) is 22.0 Å². The summed E-state index contributed by atoms with van der Waals surface area (Å²) in [5.41, 5.74) is 1.44. The van der Waals surface area contributed by atoms with Gasteiger partial charge in [0.15, 0.2) is 0 Å². The summed E-state index contributed by atoms with van der Waals surface area (Å²) in [5, 5.41) is 2.93. The van der Waals surface area contributed by atoms with Gasteiger partial charge in [0.2, 0.25) is 0 Å². The van der Waals surface area contributed by atoms with Gasteiger partial charge in [0, 0.05) is 8.80 Å². The fourth-order valence-corrected chi connectivity index (χ4v) is 5.54. The van der Waals surface area contributed by atoms with E-state index in [1.54, 1.807) is 0 Å². The maximum atomic E-state index is 3.53. The van der Waals surface area contributed by atoms with Crippen LogP contribution in [0.2, 0.25) is 0 Å². The zero-order valence-corrected chi connectivity index (χ0v) is 16.8. The van der Waals surface area contributed by atoms with Gasteiger partial charge in [-0.05, 0) is 6.04 Å². The Morgan fingerprint density at radius 1 is 0.857 bits per heavy atom. The van der Waals surface area contributed by atoms with Gasteiger partial charge in [0.25, 0.3) is 0 Å². The average molecular weight is 411 g/mol. The molecule has 0 unspecified atom stereocenters. The SMILES string of the molecule is [C-]1=C([SiH](Cc2ccccc2)C2=[C-]CC=C2)C=CC1.[Cl-].[Cl-].[Zr+4]. The van der Waals surface area contributed by atoms with Gasteiger partial charge in [-0.25, -0.2) is 22.5 Å². The second-order valence-electron chi connectivity index (χ2n) is 4.72. The molecule has 0 nitrogen and oxygen atoms in total. The van der Waals surface area contributed by atoms with Crippen LogP contribution in [0.1, 0.15) is 18.4 Å². The van der Waals surface area contributed by atoms with Crippen molar-refractivity contribution in [1.29, 1.82) is 0 Å². The van der Waals surface area contributed by atoms with E-state index in [-0.39, 0.29) is 51.0 Å². The zero-order valence-electron chi connectivity index (χ0n) is 11.7. The summed E-state index contributed by atoms with van der Waals surface area (Å²) in [5.74, 6) is 0. The summed E-state index contributed by atoms with van der Waals surface area (Å²) in [6.45, 7) is 0. The maximum absolute atomic E-state index is 3.53. The van der Waals surface area contributed by atoms with E-state index in [1.807, 2.05) is 0 Å². The van der Waals surface area contributed by atoms with Gasteiger partial charge in [-0.2, -0.15) is 12.2 Å². The second-order valence-corrected chi connectivity index (χ2v) is 7.48. The number of rotatable bonds is 4. The number of halogens is 2. The van der Waals surface area contributed by atoms with E-state index >= 15 is 0 Å². The summed E-state index contributed by atoms with van der Waals surface area (Å²) in [6.07, 6.45) is 18.0. The minimum absolute atomic E-state index is 0. The van der Waals surface area contributed by atoms with Crippen molar-refractivity contribution in [3.63, 3.8) is 0 Å². The largest absolute Gasteiger partial charge is 4.00 e. The molecule has 0 saturated heterocycles. The van der Waals surface area contributed by atoms with Gasteiger partial charge in [-0.1, -0.05) is 35.9 Å². The molecule has 0 amide bonds. The Morgan fingerprint density at radius 3 is 1.81 bits per heavy atom. The molecule has 0 fully saturated rings. The van der Waals surface area contributed by atoms with Gasteiger partial charge in [0.05, 0.1) is 0 Å². The standard InChI is InChI=1S/C17H16Si.2ClH.Zr/c1-2-8-15(9-3-1)14-18(16-10-4-5-11-16)17-12-6-7-13-17;;;/h1-4,6,8-10,12,18H,5,7,14H2;2*1H;/q-2;;;+4/p-2. The van der Waals surface area contributed by atoms with E-state index in [9.17, 15) is 0 Å². The van der Waals surface area contributed by atoms with Crippen molar-refractivity contribution in [1.82, 2.24) is 0 Å². The molecule has 0 spiro atoms. The zero-order chi connectivity index (χ0) is 12.2. The molecule has 0 aromatic heterocycles. The van der Waals surface area contributed by atoms with Crippen LogP contribution in [0.25, 0.3) is 0 Å². The molecule has 0 N–H and O–H groups in total. The Hall–Kier alpha value is -0.140. The second kappa shape index (κ2) is 10.6. The predicted octanol–water partition coefficient (Wildman–Crippen LogP) is -2.54. The maximum Gasteiger partial charge on any atom is 4.00 e. The third-order valence-corrected chi connectivity index (χ3v) is 6.65. The van der Waals surface area contributed by atoms with Crippen LogP contribution in [0.15, 0.2) is 65.0 Å². The quantitative estimate of drug-likeness (QED) is 0.379. The smallest absolute Gasteiger partial charge is 1.00 e. The van der Waals surface area contributed by atoms with E-state index in [2.05, 4.69) is 66.8 Å². The summed E-state index contributed by atoms with van der Waals surface area (Å²) in [6, 6.07) is 12.0. The minimum atomic E-state index is -1.13. The summed E-state index contributed by atoms with van der Waals surface area (Å²) in [7, 11) is -1.13. The van der Waals surface area contributed by atoms with Crippen LogP contribution in [-0.4, -0.2) is 8.80 Å². The van der Waals surface area contributed by atoms with Crippen molar-refractivity contribution in [2.45, 2.75) is 18.9 Å². The fraction of sp³-hybridized carbons (Fsp3) is 0.176.